The van der Waals surface area contributed by atoms with Gasteiger partial charge in [0.2, 0.25) is 10.0 Å². The minimum absolute atomic E-state index is 0.106. The average molecular weight is 460 g/mol. The molecule has 1 N–H and O–H groups in total. The summed E-state index contributed by atoms with van der Waals surface area (Å²) in [7, 11) is -3.56. The molecule has 0 saturated carbocycles. The first-order chi connectivity index (χ1) is 12.1. The van der Waals surface area contributed by atoms with E-state index in [9.17, 15) is 13.2 Å². The fraction of sp³-hybridized carbons (Fsp3) is 0.235. The van der Waals surface area contributed by atoms with Crippen molar-refractivity contribution in [1.82, 2.24) is 0 Å². The first-order valence-electron chi connectivity index (χ1n) is 7.66. The zero-order chi connectivity index (χ0) is 19.1. The highest BCUT2D eigenvalue weighted by Gasteiger charge is 2.35. The molecule has 2 aromatic carbocycles. The van der Waals surface area contributed by atoms with Crippen molar-refractivity contribution in [2.24, 2.45) is 0 Å². The molecule has 9 heteroatoms. The van der Waals surface area contributed by atoms with Crippen LogP contribution in [-0.2, 0) is 14.8 Å². The third kappa shape index (κ3) is 3.97. The summed E-state index contributed by atoms with van der Waals surface area (Å²) in [5.74, 6) is -0.107. The highest BCUT2D eigenvalue weighted by Crippen LogP contribution is 2.36. The van der Waals surface area contributed by atoms with Crippen molar-refractivity contribution >= 4 is 54.8 Å². The molecule has 1 aliphatic heterocycles. The average Bonchev–Trinajstić information content (AvgIpc) is 2.56. The van der Waals surface area contributed by atoms with E-state index in [0.717, 1.165) is 11.8 Å². The summed E-state index contributed by atoms with van der Waals surface area (Å²) < 4.78 is 32.0. The van der Waals surface area contributed by atoms with E-state index >= 15 is 0 Å². The number of sulfonamides is 1. The third-order valence-corrected chi connectivity index (χ3v) is 6.24. The zero-order valence-electron chi connectivity index (χ0n) is 14.0. The predicted octanol–water partition coefficient (Wildman–Crippen LogP) is 3.58. The van der Waals surface area contributed by atoms with Gasteiger partial charge in [0, 0.05) is 10.2 Å². The summed E-state index contributed by atoms with van der Waals surface area (Å²) in [5.41, 5.74) is 1.82. The Hall–Kier alpha value is -1.77. The van der Waals surface area contributed by atoms with Gasteiger partial charge in [-0.25, -0.2) is 8.42 Å². The minimum Gasteiger partial charge on any atom is -0.476 e. The second-order valence-electron chi connectivity index (χ2n) is 5.99. The number of aryl methyl sites for hydroxylation is 1. The molecule has 1 heterocycles. The van der Waals surface area contributed by atoms with Gasteiger partial charge >= 0.3 is 0 Å². The van der Waals surface area contributed by atoms with Crippen LogP contribution in [0.1, 0.15) is 5.56 Å². The summed E-state index contributed by atoms with van der Waals surface area (Å²) in [6, 6.07) is 10.2. The number of carbonyl (C=O) groups is 1. The summed E-state index contributed by atoms with van der Waals surface area (Å²) in [6.07, 6.45) is 0.121. The molecule has 0 fully saturated rings. The number of amides is 1. The molecule has 0 bridgehead atoms. The van der Waals surface area contributed by atoms with E-state index in [0.29, 0.717) is 26.6 Å². The number of nitrogens with one attached hydrogen (secondary N) is 1. The lowest BCUT2D eigenvalue weighted by molar-refractivity contribution is -0.122. The van der Waals surface area contributed by atoms with Gasteiger partial charge < -0.3 is 10.1 Å². The van der Waals surface area contributed by atoms with Crippen LogP contribution in [0.3, 0.4) is 0 Å². The standard InChI is InChI=1S/C17H16BrClN2O4S/c1-10-3-6-15-14(7-10)21(26(2,23)24)9-16(25-15)17(22)20-11-4-5-12(18)13(19)8-11/h3-8,16H,9H2,1-2H3,(H,20,22). The van der Waals surface area contributed by atoms with Crippen LogP contribution >= 0.6 is 27.5 Å². The first-order valence-corrected chi connectivity index (χ1v) is 10.7. The molecule has 26 heavy (non-hydrogen) atoms. The van der Waals surface area contributed by atoms with Crippen molar-refractivity contribution in [3.63, 3.8) is 0 Å². The molecular weight excluding hydrogens is 444 g/mol. The van der Waals surface area contributed by atoms with Crippen LogP contribution in [0, 0.1) is 6.92 Å². The lowest BCUT2D eigenvalue weighted by Gasteiger charge is -2.34. The van der Waals surface area contributed by atoms with E-state index in [1.165, 1.54) is 4.31 Å². The molecule has 1 aliphatic rings. The molecule has 3 rings (SSSR count). The van der Waals surface area contributed by atoms with Crippen molar-refractivity contribution in [1.29, 1.82) is 0 Å². The maximum Gasteiger partial charge on any atom is 0.267 e. The van der Waals surface area contributed by atoms with E-state index in [1.54, 1.807) is 36.4 Å². The minimum atomic E-state index is -3.56. The number of halogens is 2. The van der Waals surface area contributed by atoms with Gasteiger partial charge in [-0.15, -0.1) is 0 Å². The normalized spacial score (nSPS) is 16.6. The smallest absolute Gasteiger partial charge is 0.267 e. The fourth-order valence-electron chi connectivity index (χ4n) is 2.61. The maximum atomic E-state index is 12.6. The number of ether oxygens (including phenoxy) is 1. The quantitative estimate of drug-likeness (QED) is 0.761. The third-order valence-electron chi connectivity index (χ3n) is 3.86. The number of rotatable bonds is 3. The van der Waals surface area contributed by atoms with Crippen LogP contribution in [-0.4, -0.2) is 33.2 Å². The SMILES string of the molecule is Cc1ccc2c(c1)N(S(C)(=O)=O)CC(C(=O)Nc1ccc(Br)c(Cl)c1)O2. The Morgan fingerprint density at radius 2 is 2.04 bits per heavy atom. The molecule has 0 spiro atoms. The second-order valence-corrected chi connectivity index (χ2v) is 9.16. The van der Waals surface area contributed by atoms with Crippen molar-refractivity contribution in [2.75, 3.05) is 22.4 Å². The van der Waals surface area contributed by atoms with Gasteiger partial charge in [-0.05, 0) is 58.7 Å². The Morgan fingerprint density at radius 1 is 1.31 bits per heavy atom. The lowest BCUT2D eigenvalue weighted by Crippen LogP contribution is -2.48. The molecule has 0 aliphatic carbocycles. The summed E-state index contributed by atoms with van der Waals surface area (Å²) in [5, 5.41) is 3.15. The molecule has 0 radical (unpaired) electrons. The lowest BCUT2D eigenvalue weighted by atomic mass is 10.1. The topological polar surface area (TPSA) is 75.7 Å². The second kappa shape index (κ2) is 7.09. The molecule has 1 unspecified atom stereocenters. The monoisotopic (exact) mass is 458 g/mol. The first kappa shape index (κ1) is 19.0. The van der Waals surface area contributed by atoms with Gasteiger partial charge in [0.25, 0.3) is 5.91 Å². The van der Waals surface area contributed by atoms with Crippen LogP contribution in [0.4, 0.5) is 11.4 Å². The molecule has 1 amide bonds. The highest BCUT2D eigenvalue weighted by molar-refractivity contribution is 9.10. The Bertz CT molecular complexity index is 981. The number of fused-ring (bicyclic) bond motifs is 1. The van der Waals surface area contributed by atoms with E-state index in [1.807, 2.05) is 6.92 Å². The molecule has 2 aromatic rings. The summed E-state index contributed by atoms with van der Waals surface area (Å²) in [6.45, 7) is 1.75. The summed E-state index contributed by atoms with van der Waals surface area (Å²) >= 11 is 9.31. The number of nitrogens with zero attached hydrogens (tertiary/aromatic N) is 1. The van der Waals surface area contributed by atoms with Crippen LogP contribution in [0.5, 0.6) is 5.75 Å². The van der Waals surface area contributed by atoms with Gasteiger partial charge in [-0.2, -0.15) is 0 Å². The van der Waals surface area contributed by atoms with Gasteiger partial charge in [0.1, 0.15) is 5.75 Å². The van der Waals surface area contributed by atoms with Gasteiger partial charge in [-0.1, -0.05) is 17.7 Å². The zero-order valence-corrected chi connectivity index (χ0v) is 17.2. The van der Waals surface area contributed by atoms with E-state index in [2.05, 4.69) is 21.2 Å². The van der Waals surface area contributed by atoms with Crippen molar-refractivity contribution < 1.29 is 17.9 Å². The van der Waals surface area contributed by atoms with Crippen molar-refractivity contribution in [3.8, 4) is 5.75 Å². The fourth-order valence-corrected chi connectivity index (χ4v) is 3.94. The largest absolute Gasteiger partial charge is 0.476 e. The number of hydrogen-bond donors (Lipinski definition) is 1. The number of benzene rings is 2. The Labute approximate surface area is 165 Å². The van der Waals surface area contributed by atoms with Gasteiger partial charge in [0.05, 0.1) is 23.5 Å². The number of anilines is 2. The van der Waals surface area contributed by atoms with Crippen molar-refractivity contribution in [2.45, 2.75) is 13.0 Å². The number of carbonyl (C=O) groups excluding carboxylic acids is 1. The molecule has 138 valence electrons. The van der Waals surface area contributed by atoms with E-state index in [-0.39, 0.29) is 6.54 Å². The molecule has 6 nitrogen and oxygen atoms in total. The summed E-state index contributed by atoms with van der Waals surface area (Å²) in [4.78, 5) is 12.6. The molecule has 1 atom stereocenters. The molecule has 0 aromatic heterocycles. The molecular formula is C17H16BrClN2O4S. The van der Waals surface area contributed by atoms with E-state index in [4.69, 9.17) is 16.3 Å². The number of hydrogen-bond acceptors (Lipinski definition) is 4. The highest BCUT2D eigenvalue weighted by atomic mass is 79.9. The molecule has 0 saturated heterocycles. The van der Waals surface area contributed by atoms with Gasteiger partial charge in [-0.3, -0.25) is 9.10 Å². The van der Waals surface area contributed by atoms with Crippen LogP contribution in [0.15, 0.2) is 40.9 Å². The van der Waals surface area contributed by atoms with E-state index < -0.39 is 22.0 Å². The van der Waals surface area contributed by atoms with Crippen molar-refractivity contribution in [3.05, 3.63) is 51.5 Å². The van der Waals surface area contributed by atoms with Crippen LogP contribution in [0.2, 0.25) is 5.02 Å². The van der Waals surface area contributed by atoms with Crippen LogP contribution < -0.4 is 14.4 Å². The Kier molecular flexibility index (Phi) is 5.18. The predicted molar refractivity (Wildman–Crippen MR) is 106 cm³/mol. The van der Waals surface area contributed by atoms with Crippen LogP contribution in [0.25, 0.3) is 0 Å². The Balaban J connectivity index is 1.88. The van der Waals surface area contributed by atoms with Gasteiger partial charge in [0.15, 0.2) is 6.10 Å². The Morgan fingerprint density at radius 3 is 2.69 bits per heavy atom. The maximum absolute atomic E-state index is 12.6.